The SMILES string of the molecule is COc1ccc(-c2[nH]c3ccc(S(=O)(=O)N(C)C)cc3c2C=O)cc1. The number of rotatable bonds is 5. The first-order chi connectivity index (χ1) is 11.9. The van der Waals surface area contributed by atoms with Crippen molar-refractivity contribution in [3.63, 3.8) is 0 Å². The van der Waals surface area contributed by atoms with Crippen LogP contribution in [0, 0.1) is 0 Å². The maximum Gasteiger partial charge on any atom is 0.242 e. The number of fused-ring (bicyclic) bond motifs is 1. The van der Waals surface area contributed by atoms with Crippen LogP contribution in [0.2, 0.25) is 0 Å². The maximum absolute atomic E-state index is 12.3. The fraction of sp³-hybridized carbons (Fsp3) is 0.167. The summed E-state index contributed by atoms with van der Waals surface area (Å²) in [5, 5.41) is 0.573. The second-order valence-corrected chi connectivity index (χ2v) is 7.91. The summed E-state index contributed by atoms with van der Waals surface area (Å²) in [7, 11) is 0.959. The van der Waals surface area contributed by atoms with Gasteiger partial charge in [-0.15, -0.1) is 0 Å². The number of H-pyrrole nitrogens is 1. The summed E-state index contributed by atoms with van der Waals surface area (Å²) in [6.45, 7) is 0. The van der Waals surface area contributed by atoms with Crippen molar-refractivity contribution in [1.82, 2.24) is 9.29 Å². The number of sulfonamides is 1. The molecule has 0 saturated heterocycles. The molecule has 1 N–H and O–H groups in total. The smallest absolute Gasteiger partial charge is 0.242 e. The number of methoxy groups -OCH3 is 1. The lowest BCUT2D eigenvalue weighted by molar-refractivity contribution is 0.112. The summed E-state index contributed by atoms with van der Waals surface area (Å²) >= 11 is 0. The summed E-state index contributed by atoms with van der Waals surface area (Å²) in [5.74, 6) is 0.715. The zero-order chi connectivity index (χ0) is 18.2. The van der Waals surface area contributed by atoms with Gasteiger partial charge in [0.15, 0.2) is 6.29 Å². The molecule has 6 nitrogen and oxygen atoms in total. The third-order valence-corrected chi connectivity index (χ3v) is 5.90. The molecular weight excluding hydrogens is 340 g/mol. The lowest BCUT2D eigenvalue weighted by Crippen LogP contribution is -2.22. The Labute approximate surface area is 146 Å². The number of nitrogens with zero attached hydrogens (tertiary/aromatic N) is 1. The molecule has 0 radical (unpaired) electrons. The molecule has 0 atom stereocenters. The summed E-state index contributed by atoms with van der Waals surface area (Å²) in [4.78, 5) is 15.0. The van der Waals surface area contributed by atoms with E-state index in [4.69, 9.17) is 4.74 Å². The van der Waals surface area contributed by atoms with Crippen LogP contribution in [0.15, 0.2) is 47.4 Å². The van der Waals surface area contributed by atoms with Gasteiger partial charge < -0.3 is 9.72 Å². The van der Waals surface area contributed by atoms with E-state index in [9.17, 15) is 13.2 Å². The number of nitrogens with one attached hydrogen (secondary N) is 1. The van der Waals surface area contributed by atoms with Crippen molar-refractivity contribution in [1.29, 1.82) is 0 Å². The number of carbonyl (C=O) groups excluding carboxylic acids is 1. The standard InChI is InChI=1S/C18H18N2O4S/c1-20(2)25(22,23)14-8-9-17-15(10-14)16(11-21)18(19-17)12-4-6-13(24-3)7-5-12/h4-11,19H,1-3H3. The molecule has 0 aliphatic rings. The third-order valence-electron chi connectivity index (χ3n) is 4.09. The minimum Gasteiger partial charge on any atom is -0.497 e. The Morgan fingerprint density at radius 1 is 1.08 bits per heavy atom. The minimum absolute atomic E-state index is 0.147. The van der Waals surface area contributed by atoms with Crippen LogP contribution in [0.4, 0.5) is 0 Å². The largest absolute Gasteiger partial charge is 0.497 e. The highest BCUT2D eigenvalue weighted by atomic mass is 32.2. The minimum atomic E-state index is -3.57. The van der Waals surface area contributed by atoms with Crippen molar-refractivity contribution in [3.05, 3.63) is 48.0 Å². The van der Waals surface area contributed by atoms with Crippen molar-refractivity contribution < 1.29 is 17.9 Å². The molecular formula is C18H18N2O4S. The van der Waals surface area contributed by atoms with Crippen LogP contribution in [0.5, 0.6) is 5.75 Å². The van der Waals surface area contributed by atoms with Crippen LogP contribution in [0.1, 0.15) is 10.4 Å². The van der Waals surface area contributed by atoms with Gasteiger partial charge in [-0.25, -0.2) is 12.7 Å². The average molecular weight is 358 g/mol. The zero-order valence-electron chi connectivity index (χ0n) is 14.1. The van der Waals surface area contributed by atoms with Gasteiger partial charge in [0.25, 0.3) is 0 Å². The Morgan fingerprint density at radius 3 is 2.32 bits per heavy atom. The van der Waals surface area contributed by atoms with Gasteiger partial charge in [0, 0.05) is 30.6 Å². The summed E-state index contributed by atoms with van der Waals surface area (Å²) < 4.78 is 31.0. The van der Waals surface area contributed by atoms with E-state index in [0.29, 0.717) is 27.9 Å². The third kappa shape index (κ3) is 2.92. The summed E-state index contributed by atoms with van der Waals surface area (Å²) in [6, 6.07) is 12.0. The molecule has 0 fully saturated rings. The maximum atomic E-state index is 12.3. The molecule has 0 saturated carbocycles. The lowest BCUT2D eigenvalue weighted by atomic mass is 10.1. The number of hydrogen-bond donors (Lipinski definition) is 1. The highest BCUT2D eigenvalue weighted by molar-refractivity contribution is 7.89. The normalized spacial score (nSPS) is 11.8. The molecule has 0 amide bonds. The van der Waals surface area contributed by atoms with Crippen LogP contribution < -0.4 is 4.74 Å². The molecule has 2 aromatic carbocycles. The van der Waals surface area contributed by atoms with Gasteiger partial charge in [0.2, 0.25) is 10.0 Å². The van der Waals surface area contributed by atoms with Gasteiger partial charge in [-0.1, -0.05) is 0 Å². The number of ether oxygens (including phenoxy) is 1. The number of benzene rings is 2. The summed E-state index contributed by atoms with van der Waals surface area (Å²) in [5.41, 5.74) is 2.59. The Kier molecular flexibility index (Phi) is 4.36. The Bertz CT molecular complexity index is 1030. The van der Waals surface area contributed by atoms with Crippen LogP contribution in [-0.2, 0) is 10.0 Å². The van der Waals surface area contributed by atoms with Crippen LogP contribution in [0.25, 0.3) is 22.2 Å². The van der Waals surface area contributed by atoms with Gasteiger partial charge in [0.1, 0.15) is 5.75 Å². The van der Waals surface area contributed by atoms with Crippen molar-refractivity contribution in [3.8, 4) is 17.0 Å². The van der Waals surface area contributed by atoms with E-state index >= 15 is 0 Å². The van der Waals surface area contributed by atoms with Gasteiger partial charge in [-0.3, -0.25) is 4.79 Å². The molecule has 130 valence electrons. The molecule has 25 heavy (non-hydrogen) atoms. The van der Waals surface area contributed by atoms with Crippen LogP contribution in [-0.4, -0.2) is 45.2 Å². The van der Waals surface area contributed by atoms with E-state index < -0.39 is 10.0 Å². The Morgan fingerprint density at radius 2 is 1.76 bits per heavy atom. The second-order valence-electron chi connectivity index (χ2n) is 5.75. The highest BCUT2D eigenvalue weighted by Gasteiger charge is 2.20. The van der Waals surface area contributed by atoms with E-state index in [1.165, 1.54) is 26.2 Å². The van der Waals surface area contributed by atoms with E-state index in [2.05, 4.69) is 4.98 Å². The molecule has 0 aliphatic heterocycles. The Hall–Kier alpha value is -2.64. The fourth-order valence-corrected chi connectivity index (χ4v) is 3.60. The number of aromatic amines is 1. The first-order valence-corrected chi connectivity index (χ1v) is 9.00. The fourth-order valence-electron chi connectivity index (χ4n) is 2.67. The number of carbonyl (C=O) groups is 1. The lowest BCUT2D eigenvalue weighted by Gasteiger charge is -2.11. The van der Waals surface area contributed by atoms with Crippen molar-refractivity contribution >= 4 is 27.2 Å². The highest BCUT2D eigenvalue weighted by Crippen LogP contribution is 2.31. The predicted molar refractivity (Wildman–Crippen MR) is 96.5 cm³/mol. The first-order valence-electron chi connectivity index (χ1n) is 7.56. The first kappa shape index (κ1) is 17.2. The topological polar surface area (TPSA) is 79.5 Å². The number of hydrogen-bond acceptors (Lipinski definition) is 4. The average Bonchev–Trinajstić information content (AvgIpc) is 2.99. The van der Waals surface area contributed by atoms with Gasteiger partial charge >= 0.3 is 0 Å². The monoisotopic (exact) mass is 358 g/mol. The molecule has 1 aromatic heterocycles. The molecule has 3 rings (SSSR count). The van der Waals surface area contributed by atoms with Crippen molar-refractivity contribution in [2.24, 2.45) is 0 Å². The molecule has 0 bridgehead atoms. The molecule has 0 aliphatic carbocycles. The molecule has 3 aromatic rings. The molecule has 1 heterocycles. The predicted octanol–water partition coefficient (Wildman–Crippen LogP) is 2.91. The van der Waals surface area contributed by atoms with E-state index in [0.717, 1.165) is 16.2 Å². The van der Waals surface area contributed by atoms with E-state index in [1.807, 2.05) is 12.1 Å². The Balaban J connectivity index is 2.20. The van der Waals surface area contributed by atoms with Gasteiger partial charge in [0.05, 0.1) is 17.7 Å². The second kappa shape index (κ2) is 6.34. The zero-order valence-corrected chi connectivity index (χ0v) is 14.9. The van der Waals surface area contributed by atoms with Crippen LogP contribution >= 0.6 is 0 Å². The summed E-state index contributed by atoms with van der Waals surface area (Å²) in [6.07, 6.45) is 0.741. The quantitative estimate of drug-likeness (QED) is 0.711. The van der Waals surface area contributed by atoms with Crippen LogP contribution in [0.3, 0.4) is 0 Å². The van der Waals surface area contributed by atoms with E-state index in [-0.39, 0.29) is 4.90 Å². The van der Waals surface area contributed by atoms with Crippen molar-refractivity contribution in [2.75, 3.05) is 21.2 Å². The van der Waals surface area contributed by atoms with Crippen molar-refractivity contribution in [2.45, 2.75) is 4.90 Å². The van der Waals surface area contributed by atoms with E-state index in [1.54, 1.807) is 25.3 Å². The van der Waals surface area contributed by atoms with Gasteiger partial charge in [-0.05, 0) is 48.0 Å². The number of aldehydes is 1. The molecule has 0 spiro atoms. The molecule has 7 heteroatoms. The van der Waals surface area contributed by atoms with Gasteiger partial charge in [-0.2, -0.15) is 0 Å². The molecule has 0 unspecified atom stereocenters. The number of aromatic nitrogens is 1.